The van der Waals surface area contributed by atoms with Crippen LogP contribution in [0.15, 0.2) is 84.9 Å². The Labute approximate surface area is 414 Å². The van der Waals surface area contributed by atoms with Gasteiger partial charge in [-0.25, -0.2) is 0 Å². The number of amides is 4. The fourth-order valence-corrected chi connectivity index (χ4v) is 6.87. The lowest BCUT2D eigenvalue weighted by molar-refractivity contribution is -0.130. The highest BCUT2D eigenvalue weighted by Crippen LogP contribution is 2.40. The average Bonchev–Trinajstić information content (AvgIpc) is 3.31. The Bertz CT molecular complexity index is 2420. The van der Waals surface area contributed by atoms with Crippen molar-refractivity contribution in [2.75, 3.05) is 90.8 Å². The van der Waals surface area contributed by atoms with Crippen LogP contribution in [0.25, 0.3) is 33.4 Å². The van der Waals surface area contributed by atoms with E-state index in [2.05, 4.69) is 46.9 Å². The Kier molecular flexibility index (Phi) is 23.0. The van der Waals surface area contributed by atoms with E-state index in [4.69, 9.17) is 65.2 Å². The lowest BCUT2D eigenvalue weighted by atomic mass is 9.93. The minimum absolute atomic E-state index is 0.0192. The Balaban J connectivity index is 1.41. The number of rotatable bonds is 30. The third kappa shape index (κ3) is 20.8. The van der Waals surface area contributed by atoms with Gasteiger partial charge >= 0.3 is 0 Å². The summed E-state index contributed by atoms with van der Waals surface area (Å²) in [6.45, 7) is 0.435. The van der Waals surface area contributed by atoms with Crippen molar-refractivity contribution in [3.63, 3.8) is 0 Å². The molecule has 25 nitrogen and oxygen atoms in total. The fraction of sp³-hybridized carbons (Fsp3) is 0.400. The number of thiocarbonyl (C=S) groups is 1. The van der Waals surface area contributed by atoms with Crippen LogP contribution in [-0.4, -0.2) is 143 Å². The summed E-state index contributed by atoms with van der Waals surface area (Å²) >= 11 is 5.55. The number of nitrogens with zero attached hydrogens (tertiary/aromatic N) is 3. The number of phenolic OH excluding ortho intramolecular Hbond substituents is 1. The molecule has 71 heavy (non-hydrogen) atoms. The molecule has 384 valence electrons. The largest absolute Gasteiger partial charge is 0.508 e. The van der Waals surface area contributed by atoms with E-state index in [9.17, 15) is 29.1 Å². The highest BCUT2D eigenvalue weighted by Gasteiger charge is 2.34. The first-order chi connectivity index (χ1) is 34.0. The van der Waals surface area contributed by atoms with E-state index in [0.717, 1.165) is 16.5 Å². The summed E-state index contributed by atoms with van der Waals surface area (Å²) in [4.78, 5) is 74.8. The van der Waals surface area contributed by atoms with Gasteiger partial charge in [0.2, 0.25) is 23.6 Å². The molecule has 0 saturated heterocycles. The first-order valence-electron chi connectivity index (χ1n) is 22.4. The number of benzene rings is 3. The second-order valence-corrected chi connectivity index (χ2v) is 16.1. The predicted molar refractivity (Wildman–Crippen MR) is 273 cm³/mol. The number of aromatic hydroxyl groups is 1. The molecule has 2 aromatic rings. The number of nitrogens with two attached hydrogens (primary N) is 6. The van der Waals surface area contributed by atoms with Crippen LogP contribution in [-0.2, 0) is 33.4 Å². The number of hydrogen-bond acceptors (Lipinski definition) is 14. The quantitative estimate of drug-likeness (QED) is 0.00900. The monoisotopic (exact) mass is 1010 g/mol. The normalized spacial score (nSPS) is 11.0. The maximum Gasteiger partial charge on any atom is 0.222 e. The number of carbonyl (C=O) groups excluding carboxylic acids is 4. The number of aliphatic imine (C=N–C) groups is 3. The lowest BCUT2D eigenvalue weighted by Gasteiger charge is -2.34. The summed E-state index contributed by atoms with van der Waals surface area (Å²) in [6, 6.07) is 16.8. The molecule has 4 amide bonds. The van der Waals surface area contributed by atoms with Crippen molar-refractivity contribution in [3.8, 4) is 28.2 Å². The third-order valence-corrected chi connectivity index (χ3v) is 10.1. The Hall–Kier alpha value is -7.81. The van der Waals surface area contributed by atoms with Crippen LogP contribution in [0.5, 0.6) is 5.75 Å². The number of phenols is 1. The van der Waals surface area contributed by atoms with Crippen LogP contribution in [0.3, 0.4) is 0 Å². The van der Waals surface area contributed by atoms with Crippen LogP contribution in [0.1, 0.15) is 25.7 Å². The van der Waals surface area contributed by atoms with Crippen molar-refractivity contribution >= 4 is 75.5 Å². The summed E-state index contributed by atoms with van der Waals surface area (Å²) < 4.78 is 23.8. The molecule has 0 radical (unpaired) electrons. The second kappa shape index (κ2) is 29.3. The van der Waals surface area contributed by atoms with Crippen molar-refractivity contribution in [1.29, 1.82) is 0 Å². The molecule has 2 aliphatic rings. The van der Waals surface area contributed by atoms with Gasteiger partial charge in [-0.1, -0.05) is 12.1 Å². The standard InChI is InChI=1S/C45H63N15O10S/c46-41(47)55-17-14-52-36(63)10-20-67-25-45(26-68-21-11-37(64)53-15-18-56-42(48)49,27-69-22-12-38(65)54-16-19-57-43(50)51)60-39(66)9-13-58-44(71)59-29-3-1-28(2-4-29)40-32-7-5-30(61)23-34(32)70-35-24-31(62)6-8-33(35)40/h1-8,23-24,61H,9-22,25-27H2,(H,52,63)(H,53,64)(H,54,65)(H,60,66)(H4,46,47,55)(H4,48,49,56)(H4,50,51,57)(H2,58,59,71). The van der Waals surface area contributed by atoms with Gasteiger partial charge in [0, 0.05) is 86.2 Å². The molecule has 19 N–H and O–H groups in total. The molecular formula is C45H63N15O10S. The van der Waals surface area contributed by atoms with E-state index >= 15 is 0 Å². The molecule has 26 heteroatoms. The van der Waals surface area contributed by atoms with Crippen LogP contribution in [0.4, 0.5) is 5.69 Å². The SMILES string of the molecule is NC(N)=NCCNC(=O)CCOCC(COCCC(=O)NCCN=C(N)N)(COCCC(=O)NCCN=C(N)N)NC(=O)CCNC(=S)Nc1ccc(-c2c3ccc(=O)cc-3oc3cc(O)ccc23)cc1. The van der Waals surface area contributed by atoms with Crippen LogP contribution < -0.4 is 71.7 Å². The zero-order chi connectivity index (χ0) is 51.6. The number of fused-ring (bicyclic) bond motifs is 2. The van der Waals surface area contributed by atoms with Gasteiger partial charge in [-0.3, -0.25) is 38.9 Å². The maximum atomic E-state index is 13.7. The Morgan fingerprint density at radius 1 is 0.620 bits per heavy atom. The zero-order valence-corrected chi connectivity index (χ0v) is 39.9. The maximum absolute atomic E-state index is 13.7. The van der Waals surface area contributed by atoms with E-state index in [1.54, 1.807) is 18.2 Å². The molecular weight excluding hydrogens is 943 g/mol. The van der Waals surface area contributed by atoms with Gasteiger partial charge in [0.15, 0.2) is 28.4 Å². The van der Waals surface area contributed by atoms with E-state index in [-0.39, 0.29) is 163 Å². The number of carbonyl (C=O) groups is 4. The molecule has 0 spiro atoms. The van der Waals surface area contributed by atoms with Crippen LogP contribution in [0.2, 0.25) is 0 Å². The number of hydrogen-bond donors (Lipinski definition) is 13. The van der Waals surface area contributed by atoms with Gasteiger partial charge in [0.05, 0.1) is 59.3 Å². The first kappa shape index (κ1) is 55.8. The molecule has 0 bridgehead atoms. The molecule has 2 aromatic carbocycles. The van der Waals surface area contributed by atoms with Gasteiger partial charge in [0.1, 0.15) is 22.6 Å². The Morgan fingerprint density at radius 3 is 1.62 bits per heavy atom. The van der Waals surface area contributed by atoms with Gasteiger partial charge in [-0.15, -0.1) is 0 Å². The minimum atomic E-state index is -1.38. The number of nitrogens with one attached hydrogen (secondary N) is 6. The van der Waals surface area contributed by atoms with Crippen molar-refractivity contribution < 1.29 is 42.9 Å². The molecule has 0 aromatic heterocycles. The molecule has 1 heterocycles. The van der Waals surface area contributed by atoms with Gasteiger partial charge in [-0.05, 0) is 54.2 Å². The van der Waals surface area contributed by atoms with Crippen molar-refractivity contribution in [2.45, 2.75) is 31.2 Å². The van der Waals surface area contributed by atoms with E-state index < -0.39 is 11.4 Å². The smallest absolute Gasteiger partial charge is 0.222 e. The number of anilines is 1. The van der Waals surface area contributed by atoms with Crippen molar-refractivity contribution in [2.24, 2.45) is 49.4 Å². The van der Waals surface area contributed by atoms with Crippen LogP contribution in [0, 0.1) is 0 Å². The minimum Gasteiger partial charge on any atom is -0.508 e. The molecule has 1 aliphatic heterocycles. The van der Waals surface area contributed by atoms with E-state index in [0.29, 0.717) is 22.6 Å². The van der Waals surface area contributed by atoms with Gasteiger partial charge in [0.25, 0.3) is 0 Å². The lowest BCUT2D eigenvalue weighted by Crippen LogP contribution is -2.59. The summed E-state index contributed by atoms with van der Waals surface area (Å²) in [6.07, 6.45) is -0.224. The molecule has 1 aliphatic carbocycles. The highest BCUT2D eigenvalue weighted by molar-refractivity contribution is 7.80. The molecule has 0 fully saturated rings. The summed E-state index contributed by atoms with van der Waals surface area (Å²) in [7, 11) is 0. The average molecular weight is 1010 g/mol. The molecule has 4 rings (SSSR count). The predicted octanol–water partition coefficient (Wildman–Crippen LogP) is -1.81. The fourth-order valence-electron chi connectivity index (χ4n) is 6.65. The topological polar surface area (TPSA) is 412 Å². The van der Waals surface area contributed by atoms with Gasteiger partial charge in [-0.2, -0.15) is 0 Å². The highest BCUT2D eigenvalue weighted by atomic mass is 32.1. The Morgan fingerprint density at radius 2 is 1.13 bits per heavy atom. The van der Waals surface area contributed by atoms with Crippen molar-refractivity contribution in [3.05, 3.63) is 70.9 Å². The summed E-state index contributed by atoms with van der Waals surface area (Å²) in [5, 5.41) is 28.2. The third-order valence-electron chi connectivity index (χ3n) is 9.89. The number of ether oxygens (including phenoxy) is 3. The van der Waals surface area contributed by atoms with Gasteiger partial charge < -0.3 is 90.0 Å². The van der Waals surface area contributed by atoms with Crippen LogP contribution >= 0.6 is 12.2 Å². The number of guanidine groups is 3. The summed E-state index contributed by atoms with van der Waals surface area (Å²) in [5.41, 5.74) is 33.8. The summed E-state index contributed by atoms with van der Waals surface area (Å²) in [5.74, 6) is -1.39. The van der Waals surface area contributed by atoms with Crippen molar-refractivity contribution in [1.82, 2.24) is 26.6 Å². The first-order valence-corrected chi connectivity index (χ1v) is 22.8. The zero-order valence-electron chi connectivity index (χ0n) is 39.1. The molecule has 0 saturated carbocycles. The molecule has 0 unspecified atom stereocenters. The second-order valence-electron chi connectivity index (χ2n) is 15.7. The molecule has 0 atom stereocenters. The van der Waals surface area contributed by atoms with E-state index in [1.165, 1.54) is 18.2 Å². The van der Waals surface area contributed by atoms with E-state index in [1.807, 2.05) is 24.3 Å².